The van der Waals surface area contributed by atoms with Crippen LogP contribution in [0.5, 0.6) is 0 Å². The zero-order valence-corrected chi connectivity index (χ0v) is 5.78. The summed E-state index contributed by atoms with van der Waals surface area (Å²) in [6.45, 7) is 0. The van der Waals surface area contributed by atoms with Crippen molar-refractivity contribution >= 4 is 12.6 Å². The Balaban J connectivity index is 3.07. The Morgan fingerprint density at radius 3 is 2.70 bits per heavy atom. The molecule has 0 aromatic carbocycles. The zero-order chi connectivity index (χ0) is 7.56. The van der Waals surface area contributed by atoms with Crippen molar-refractivity contribution in [3.63, 3.8) is 0 Å². The van der Waals surface area contributed by atoms with Gasteiger partial charge in [-0.15, -0.1) is 0 Å². The molecule has 10 heavy (non-hydrogen) atoms. The number of hydrogen-bond acceptors (Lipinski definition) is 3. The minimum absolute atomic E-state index is 0.173. The summed E-state index contributed by atoms with van der Waals surface area (Å²) in [6.07, 6.45) is 0.0213. The summed E-state index contributed by atoms with van der Waals surface area (Å²) in [5, 5.41) is 0. The second kappa shape index (κ2) is 2.92. The Labute approximate surface area is 61.7 Å². The summed E-state index contributed by atoms with van der Waals surface area (Å²) < 4.78 is 24.4. The topological polar surface area (TPSA) is 25.8 Å². The van der Waals surface area contributed by atoms with Gasteiger partial charge in [-0.3, -0.25) is 0 Å². The van der Waals surface area contributed by atoms with E-state index in [9.17, 15) is 8.78 Å². The van der Waals surface area contributed by atoms with Crippen molar-refractivity contribution in [2.45, 2.75) is 5.75 Å². The molecular weight excluding hydrogens is 158 g/mol. The monoisotopic (exact) mass is 162 g/mol. The molecule has 0 N–H and O–H groups in total. The Hall–Kier alpha value is -0.710. The van der Waals surface area contributed by atoms with E-state index in [2.05, 4.69) is 22.6 Å². The minimum Gasteiger partial charge on any atom is -0.210 e. The van der Waals surface area contributed by atoms with E-state index >= 15 is 0 Å². The maximum atomic E-state index is 12.4. The third-order valence-electron chi connectivity index (χ3n) is 0.953. The molecule has 0 aliphatic heterocycles. The van der Waals surface area contributed by atoms with Crippen LogP contribution in [-0.4, -0.2) is 9.97 Å². The van der Waals surface area contributed by atoms with Crippen LogP contribution in [0.4, 0.5) is 8.78 Å². The largest absolute Gasteiger partial charge is 0.311 e. The van der Waals surface area contributed by atoms with E-state index in [4.69, 9.17) is 0 Å². The molecule has 0 atom stereocenters. The molecule has 5 heteroatoms. The summed E-state index contributed by atoms with van der Waals surface area (Å²) >= 11 is 3.77. The average molecular weight is 162 g/mol. The molecule has 0 saturated heterocycles. The summed E-state index contributed by atoms with van der Waals surface area (Å²) in [5.74, 6) is -0.672. The Morgan fingerprint density at radius 1 is 1.50 bits per heavy atom. The van der Waals surface area contributed by atoms with Gasteiger partial charge >= 0.3 is 6.08 Å². The molecule has 0 unspecified atom stereocenters. The highest BCUT2D eigenvalue weighted by atomic mass is 32.1. The van der Waals surface area contributed by atoms with Gasteiger partial charge in [0, 0.05) is 17.5 Å². The van der Waals surface area contributed by atoms with Crippen LogP contribution in [0.15, 0.2) is 6.20 Å². The molecule has 0 bridgehead atoms. The quantitative estimate of drug-likeness (QED) is 0.381. The molecule has 54 valence electrons. The van der Waals surface area contributed by atoms with Gasteiger partial charge in [0.25, 0.3) is 0 Å². The van der Waals surface area contributed by atoms with Crippen molar-refractivity contribution in [3.05, 3.63) is 23.8 Å². The second-order valence-corrected chi connectivity index (χ2v) is 1.93. The first-order chi connectivity index (χ1) is 4.74. The second-order valence-electron chi connectivity index (χ2n) is 1.61. The van der Waals surface area contributed by atoms with Gasteiger partial charge in [0.15, 0.2) is 0 Å². The van der Waals surface area contributed by atoms with Crippen molar-refractivity contribution in [1.29, 1.82) is 0 Å². The van der Waals surface area contributed by atoms with Gasteiger partial charge in [0.2, 0.25) is 5.95 Å². The van der Waals surface area contributed by atoms with Crippen LogP contribution in [0.1, 0.15) is 5.56 Å². The fourth-order valence-electron chi connectivity index (χ4n) is 0.472. The molecule has 1 aromatic heterocycles. The normalized spacial score (nSPS) is 9.90. The first-order valence-electron chi connectivity index (χ1n) is 2.52. The van der Waals surface area contributed by atoms with Gasteiger partial charge in [-0.25, -0.2) is 4.98 Å². The van der Waals surface area contributed by atoms with Crippen LogP contribution in [-0.2, 0) is 5.75 Å². The molecule has 0 radical (unpaired) electrons. The molecule has 1 aromatic rings. The Morgan fingerprint density at radius 2 is 2.20 bits per heavy atom. The molecule has 2 nitrogen and oxygen atoms in total. The highest BCUT2D eigenvalue weighted by molar-refractivity contribution is 7.79. The number of thiol groups is 1. The van der Waals surface area contributed by atoms with Crippen LogP contribution in [0.3, 0.4) is 0 Å². The molecule has 1 rings (SSSR count). The fourth-order valence-corrected chi connectivity index (χ4v) is 0.684. The molecule has 0 amide bonds. The molecule has 1 heterocycles. The third kappa shape index (κ3) is 1.41. The summed E-state index contributed by atoms with van der Waals surface area (Å²) in [4.78, 5) is 6.00. The van der Waals surface area contributed by atoms with E-state index in [-0.39, 0.29) is 11.3 Å². The Kier molecular flexibility index (Phi) is 2.16. The van der Waals surface area contributed by atoms with Gasteiger partial charge in [0.05, 0.1) is 0 Å². The summed E-state index contributed by atoms with van der Waals surface area (Å²) in [5.41, 5.74) is 0.199. The molecule has 0 aliphatic carbocycles. The maximum absolute atomic E-state index is 12.4. The maximum Gasteiger partial charge on any atom is 0.311 e. The van der Waals surface area contributed by atoms with Crippen molar-refractivity contribution in [1.82, 2.24) is 9.97 Å². The van der Waals surface area contributed by atoms with Crippen LogP contribution in [0, 0.1) is 12.0 Å². The molecule has 0 aliphatic rings. The lowest BCUT2D eigenvalue weighted by molar-refractivity contribution is 0.477. The van der Waals surface area contributed by atoms with Gasteiger partial charge in [-0.05, 0) is 0 Å². The van der Waals surface area contributed by atoms with E-state index < -0.39 is 12.0 Å². The van der Waals surface area contributed by atoms with E-state index in [1.165, 1.54) is 0 Å². The van der Waals surface area contributed by atoms with Gasteiger partial charge < -0.3 is 0 Å². The van der Waals surface area contributed by atoms with Crippen LogP contribution in [0.25, 0.3) is 0 Å². The van der Waals surface area contributed by atoms with E-state index in [0.29, 0.717) is 0 Å². The predicted octanol–water partition coefficient (Wildman–Crippen LogP) is 1.18. The summed E-state index contributed by atoms with van der Waals surface area (Å²) in [7, 11) is 0. The van der Waals surface area contributed by atoms with Gasteiger partial charge in [0.1, 0.15) is 0 Å². The van der Waals surface area contributed by atoms with Crippen molar-refractivity contribution < 1.29 is 8.78 Å². The number of hydrogen-bond donors (Lipinski definition) is 1. The first-order valence-corrected chi connectivity index (χ1v) is 3.15. The lowest BCUT2D eigenvalue weighted by Gasteiger charge is -1.94. The van der Waals surface area contributed by atoms with Crippen LogP contribution < -0.4 is 0 Å². The molecular formula is C5H4F2N2S. The lowest BCUT2D eigenvalue weighted by Crippen LogP contribution is -1.96. The SMILES string of the molecule is Fc1ncc(CS)c(F)n1. The summed E-state index contributed by atoms with van der Waals surface area (Å²) in [6, 6.07) is 0. The van der Waals surface area contributed by atoms with E-state index in [1.807, 2.05) is 0 Å². The predicted molar refractivity (Wildman–Crippen MR) is 34.6 cm³/mol. The van der Waals surface area contributed by atoms with Crippen molar-refractivity contribution in [2.24, 2.45) is 0 Å². The first kappa shape index (κ1) is 7.40. The van der Waals surface area contributed by atoms with Gasteiger partial charge in [-0.2, -0.15) is 26.4 Å². The number of nitrogens with zero attached hydrogens (tertiary/aromatic N) is 2. The van der Waals surface area contributed by atoms with Crippen LogP contribution in [0.2, 0.25) is 0 Å². The van der Waals surface area contributed by atoms with Crippen molar-refractivity contribution in [3.8, 4) is 0 Å². The molecule has 0 spiro atoms. The molecule has 0 saturated carbocycles. The number of aromatic nitrogens is 2. The standard InChI is InChI=1S/C5H4F2N2S/c6-4-3(2-10)1-8-5(7)9-4/h1,10H,2H2. The van der Waals surface area contributed by atoms with E-state index in [1.54, 1.807) is 0 Å². The van der Waals surface area contributed by atoms with Crippen LogP contribution >= 0.6 is 12.6 Å². The average Bonchev–Trinajstić information content (AvgIpc) is 1.88. The van der Waals surface area contributed by atoms with Gasteiger partial charge in [-0.1, -0.05) is 0 Å². The smallest absolute Gasteiger partial charge is 0.210 e. The Bertz CT molecular complexity index is 241. The fraction of sp³-hybridized carbons (Fsp3) is 0.200. The highest BCUT2D eigenvalue weighted by Crippen LogP contribution is 2.04. The molecule has 0 fully saturated rings. The highest BCUT2D eigenvalue weighted by Gasteiger charge is 2.02. The lowest BCUT2D eigenvalue weighted by atomic mass is 10.4. The van der Waals surface area contributed by atoms with Crippen molar-refractivity contribution in [2.75, 3.05) is 0 Å². The van der Waals surface area contributed by atoms with E-state index in [0.717, 1.165) is 6.20 Å². The number of rotatable bonds is 1. The zero-order valence-electron chi connectivity index (χ0n) is 4.88. The minimum atomic E-state index is -1.05. The third-order valence-corrected chi connectivity index (χ3v) is 1.29. The number of halogens is 2.